The molecule has 1 unspecified atom stereocenters. The number of aromatic nitrogens is 2. The minimum absolute atomic E-state index is 0.00660. The monoisotopic (exact) mass is 536 g/mol. The zero-order chi connectivity index (χ0) is 26.7. The van der Waals surface area contributed by atoms with Crippen LogP contribution in [-0.4, -0.2) is 61.9 Å². The number of sulfone groups is 1. The van der Waals surface area contributed by atoms with Crippen molar-refractivity contribution in [2.75, 3.05) is 18.9 Å². The average molecular weight is 537 g/mol. The molecule has 1 heterocycles. The minimum atomic E-state index is -5.50. The second-order valence-corrected chi connectivity index (χ2v) is 10.2. The SMILES string of the molecule is C/N=C\[C@H]1CC(NCC(F)F)CC[C@@H]1n1cc(C(N)=O)c(Nc2ccc(S(=O)(=O)C(F)(F)F)cc2)n1. The molecule has 1 aliphatic carbocycles. The minimum Gasteiger partial charge on any atom is -0.365 e. The van der Waals surface area contributed by atoms with Gasteiger partial charge in [0.15, 0.2) is 5.82 Å². The van der Waals surface area contributed by atoms with Crippen LogP contribution < -0.4 is 16.4 Å². The maximum atomic E-state index is 12.8. The highest BCUT2D eigenvalue weighted by Crippen LogP contribution is 2.35. The van der Waals surface area contributed by atoms with Crippen LogP contribution in [0.5, 0.6) is 0 Å². The summed E-state index contributed by atoms with van der Waals surface area (Å²) in [4.78, 5) is 15.2. The van der Waals surface area contributed by atoms with Gasteiger partial charge in [0.25, 0.3) is 22.2 Å². The first-order valence-corrected chi connectivity index (χ1v) is 12.3. The Bertz CT molecular complexity index is 1200. The lowest BCUT2D eigenvalue weighted by molar-refractivity contribution is -0.0436. The molecule has 0 saturated heterocycles. The molecule has 1 aromatic carbocycles. The molecular weight excluding hydrogens is 511 g/mol. The molecule has 1 aromatic heterocycles. The first-order chi connectivity index (χ1) is 16.8. The molecule has 1 amide bonds. The predicted octanol–water partition coefficient (Wildman–Crippen LogP) is 3.28. The van der Waals surface area contributed by atoms with Crippen LogP contribution in [0.15, 0.2) is 40.4 Å². The number of benzene rings is 1. The zero-order valence-electron chi connectivity index (χ0n) is 19.0. The van der Waals surface area contributed by atoms with Gasteiger partial charge in [-0.15, -0.1) is 0 Å². The van der Waals surface area contributed by atoms with E-state index in [9.17, 15) is 35.2 Å². The number of nitrogens with two attached hydrogens (primary N) is 1. The van der Waals surface area contributed by atoms with E-state index in [1.165, 1.54) is 10.9 Å². The van der Waals surface area contributed by atoms with E-state index in [1.807, 2.05) is 0 Å². The van der Waals surface area contributed by atoms with E-state index in [0.717, 1.165) is 24.3 Å². The van der Waals surface area contributed by atoms with Crippen molar-refractivity contribution in [2.24, 2.45) is 16.6 Å². The van der Waals surface area contributed by atoms with Gasteiger partial charge >= 0.3 is 5.51 Å². The van der Waals surface area contributed by atoms with E-state index in [-0.39, 0.29) is 35.1 Å². The van der Waals surface area contributed by atoms with E-state index < -0.39 is 39.1 Å². The van der Waals surface area contributed by atoms with Gasteiger partial charge in [0.05, 0.1) is 17.5 Å². The van der Waals surface area contributed by atoms with Crippen LogP contribution in [0.4, 0.5) is 33.5 Å². The predicted molar refractivity (Wildman–Crippen MR) is 122 cm³/mol. The normalized spacial score (nSPS) is 21.2. The maximum Gasteiger partial charge on any atom is 0.501 e. The Labute approximate surface area is 203 Å². The Hall–Kier alpha value is -3.07. The number of hydrogen-bond donors (Lipinski definition) is 3. The van der Waals surface area contributed by atoms with Gasteiger partial charge in [-0.25, -0.2) is 17.2 Å². The highest BCUT2D eigenvalue weighted by atomic mass is 32.2. The molecule has 36 heavy (non-hydrogen) atoms. The molecule has 3 atom stereocenters. The lowest BCUT2D eigenvalue weighted by Crippen LogP contribution is -2.41. The first-order valence-electron chi connectivity index (χ1n) is 10.8. The topological polar surface area (TPSA) is 131 Å². The second-order valence-electron chi connectivity index (χ2n) is 8.28. The molecular formula is C21H25F5N6O3S. The number of alkyl halides is 5. The Balaban J connectivity index is 1.83. The molecule has 4 N–H and O–H groups in total. The van der Waals surface area contributed by atoms with E-state index >= 15 is 0 Å². The molecule has 0 radical (unpaired) electrons. The number of aliphatic imine (C=N–C) groups is 1. The van der Waals surface area contributed by atoms with Gasteiger partial charge in [-0.2, -0.15) is 18.3 Å². The third-order valence-electron chi connectivity index (χ3n) is 5.83. The standard InChI is InChI=1S/C21H25F5N6O3S/c1-28-9-12-8-14(29-10-18(22)23)4-7-17(12)32-11-16(19(27)33)20(31-32)30-13-2-5-15(6-3-13)36(34,35)21(24,25)26/h2-3,5-6,9,11-12,14,17-18,29H,4,7-8,10H2,1H3,(H2,27,33)(H,30,31)/b28-9-/t12-,14?,17+/m1/s1. The van der Waals surface area contributed by atoms with Crippen molar-refractivity contribution >= 4 is 33.5 Å². The van der Waals surface area contributed by atoms with Crippen molar-refractivity contribution < 1.29 is 35.2 Å². The van der Waals surface area contributed by atoms with Crippen LogP contribution in [0.3, 0.4) is 0 Å². The molecule has 2 aromatic rings. The summed E-state index contributed by atoms with van der Waals surface area (Å²) in [5.41, 5.74) is 0.224. The summed E-state index contributed by atoms with van der Waals surface area (Å²) in [6.45, 7) is -0.421. The molecule has 1 aliphatic rings. The largest absolute Gasteiger partial charge is 0.501 e. The van der Waals surface area contributed by atoms with Gasteiger partial charge in [0, 0.05) is 37.1 Å². The van der Waals surface area contributed by atoms with E-state index in [0.29, 0.717) is 19.3 Å². The number of carbonyl (C=O) groups is 1. The number of nitrogens with zero attached hydrogens (tertiary/aromatic N) is 3. The third kappa shape index (κ3) is 6.19. The van der Waals surface area contributed by atoms with Crippen molar-refractivity contribution in [1.29, 1.82) is 0 Å². The van der Waals surface area contributed by atoms with E-state index in [2.05, 4.69) is 20.7 Å². The highest BCUT2D eigenvalue weighted by molar-refractivity contribution is 7.92. The molecule has 0 bridgehead atoms. The van der Waals surface area contributed by atoms with Crippen molar-refractivity contribution in [2.45, 2.75) is 48.2 Å². The molecule has 1 fully saturated rings. The molecule has 198 valence electrons. The van der Waals surface area contributed by atoms with Crippen LogP contribution in [0.25, 0.3) is 0 Å². The number of rotatable bonds is 9. The van der Waals surface area contributed by atoms with Gasteiger partial charge < -0.3 is 21.4 Å². The first kappa shape index (κ1) is 27.5. The summed E-state index contributed by atoms with van der Waals surface area (Å²) in [5.74, 6) is -0.966. The average Bonchev–Trinajstić information content (AvgIpc) is 3.21. The summed E-state index contributed by atoms with van der Waals surface area (Å²) in [7, 11) is -3.92. The molecule has 3 rings (SSSR count). The van der Waals surface area contributed by atoms with Gasteiger partial charge in [-0.3, -0.25) is 9.48 Å². The van der Waals surface area contributed by atoms with Crippen LogP contribution in [-0.2, 0) is 9.84 Å². The summed E-state index contributed by atoms with van der Waals surface area (Å²) < 4.78 is 88.1. The highest BCUT2D eigenvalue weighted by Gasteiger charge is 2.46. The molecule has 0 aliphatic heterocycles. The van der Waals surface area contributed by atoms with E-state index in [4.69, 9.17) is 5.73 Å². The summed E-state index contributed by atoms with van der Waals surface area (Å²) in [6.07, 6.45) is 2.29. The van der Waals surface area contributed by atoms with Crippen molar-refractivity contribution in [1.82, 2.24) is 15.1 Å². The van der Waals surface area contributed by atoms with Crippen molar-refractivity contribution in [3.63, 3.8) is 0 Å². The van der Waals surface area contributed by atoms with Crippen LogP contribution in [0.1, 0.15) is 35.7 Å². The molecule has 9 nitrogen and oxygen atoms in total. The van der Waals surface area contributed by atoms with Crippen LogP contribution in [0, 0.1) is 5.92 Å². The fraction of sp³-hybridized carbons (Fsp3) is 0.476. The number of anilines is 2. The van der Waals surface area contributed by atoms with Gasteiger partial charge in [-0.05, 0) is 43.5 Å². The number of halogens is 5. The maximum absolute atomic E-state index is 12.8. The quantitative estimate of drug-likeness (QED) is 0.333. The molecule has 15 heteroatoms. The fourth-order valence-electron chi connectivity index (χ4n) is 4.13. The fourth-order valence-corrected chi connectivity index (χ4v) is 4.89. The summed E-state index contributed by atoms with van der Waals surface area (Å²) in [6, 6.07) is 3.38. The van der Waals surface area contributed by atoms with Gasteiger partial charge in [0.2, 0.25) is 0 Å². The zero-order valence-corrected chi connectivity index (χ0v) is 19.9. The molecule has 0 spiro atoms. The smallest absolute Gasteiger partial charge is 0.365 e. The Morgan fingerprint density at radius 2 is 1.94 bits per heavy atom. The lowest BCUT2D eigenvalue weighted by Gasteiger charge is -2.34. The van der Waals surface area contributed by atoms with Crippen molar-refractivity contribution in [3.8, 4) is 0 Å². The number of carbonyl (C=O) groups excluding carboxylic acids is 1. The Morgan fingerprint density at radius 3 is 2.50 bits per heavy atom. The van der Waals surface area contributed by atoms with Crippen LogP contribution >= 0.6 is 0 Å². The van der Waals surface area contributed by atoms with Crippen LogP contribution in [0.2, 0.25) is 0 Å². The van der Waals surface area contributed by atoms with E-state index in [1.54, 1.807) is 13.3 Å². The van der Waals surface area contributed by atoms with Crippen molar-refractivity contribution in [3.05, 3.63) is 36.0 Å². The van der Waals surface area contributed by atoms with Gasteiger partial charge in [-0.1, -0.05) is 0 Å². The Kier molecular flexibility index (Phi) is 8.33. The Morgan fingerprint density at radius 1 is 1.28 bits per heavy atom. The molecule has 1 saturated carbocycles. The number of nitrogens with one attached hydrogen (secondary N) is 2. The third-order valence-corrected chi connectivity index (χ3v) is 7.33. The lowest BCUT2D eigenvalue weighted by atomic mass is 9.82. The number of amides is 1. The number of hydrogen-bond acceptors (Lipinski definition) is 7. The van der Waals surface area contributed by atoms with Gasteiger partial charge in [0.1, 0.15) is 5.56 Å². The number of primary amides is 1. The summed E-state index contributed by atoms with van der Waals surface area (Å²) >= 11 is 0. The second kappa shape index (κ2) is 10.9. The summed E-state index contributed by atoms with van der Waals surface area (Å²) in [5, 5.41) is 10.0.